The third-order valence-corrected chi connectivity index (χ3v) is 5.13. The van der Waals surface area contributed by atoms with Crippen molar-refractivity contribution in [3.63, 3.8) is 0 Å². The molecule has 154 valence electrons. The van der Waals surface area contributed by atoms with Gasteiger partial charge in [0.2, 0.25) is 0 Å². The molecule has 1 N–H and O–H groups in total. The zero-order chi connectivity index (χ0) is 21.7. The summed E-state index contributed by atoms with van der Waals surface area (Å²) in [6, 6.07) is 16.8. The Morgan fingerprint density at radius 3 is 2.40 bits per heavy atom. The standard InChI is InChI=1S/C22H22ClN5O2/c1-28(2)19(14-8-4-5-9-16(14)23)13-25-21-20(15(12-24)22(29)30-3)26-17-10-6-7-11-18(17)27-21/h4-11,15,19H,13H2,1-3H3,(H,25,27). The molecule has 1 heterocycles. The molecule has 30 heavy (non-hydrogen) atoms. The smallest absolute Gasteiger partial charge is 0.329 e. The number of hydrogen-bond acceptors (Lipinski definition) is 7. The van der Waals surface area contributed by atoms with Crippen LogP contribution in [-0.2, 0) is 9.53 Å². The third-order valence-electron chi connectivity index (χ3n) is 4.79. The number of carbonyl (C=O) groups excluding carboxylic acids is 1. The van der Waals surface area contributed by atoms with Crippen molar-refractivity contribution in [2.24, 2.45) is 0 Å². The molecule has 0 saturated carbocycles. The van der Waals surface area contributed by atoms with Gasteiger partial charge in [-0.25, -0.2) is 9.97 Å². The average Bonchev–Trinajstić information content (AvgIpc) is 2.75. The van der Waals surface area contributed by atoms with Gasteiger partial charge in [0.1, 0.15) is 5.69 Å². The highest BCUT2D eigenvalue weighted by atomic mass is 35.5. The number of aromatic nitrogens is 2. The number of methoxy groups -OCH3 is 1. The SMILES string of the molecule is COC(=O)C(C#N)c1nc2ccccc2nc1NCC(c1ccccc1Cl)N(C)C. The van der Waals surface area contributed by atoms with E-state index in [1.165, 1.54) is 7.11 Å². The molecular weight excluding hydrogens is 402 g/mol. The monoisotopic (exact) mass is 423 g/mol. The number of ether oxygens (including phenoxy) is 1. The van der Waals surface area contributed by atoms with E-state index in [0.29, 0.717) is 28.4 Å². The van der Waals surface area contributed by atoms with E-state index in [-0.39, 0.29) is 11.7 Å². The van der Waals surface area contributed by atoms with Crippen molar-refractivity contribution >= 4 is 34.4 Å². The van der Waals surface area contributed by atoms with Gasteiger partial charge in [-0.15, -0.1) is 0 Å². The zero-order valence-electron chi connectivity index (χ0n) is 17.0. The van der Waals surface area contributed by atoms with Crippen LogP contribution in [0.5, 0.6) is 0 Å². The molecular formula is C22H22ClN5O2. The largest absolute Gasteiger partial charge is 0.468 e. The number of likely N-dealkylation sites (N-methyl/N-ethyl adjacent to an activating group) is 1. The second-order valence-corrected chi connectivity index (χ2v) is 7.32. The van der Waals surface area contributed by atoms with E-state index < -0.39 is 11.9 Å². The lowest BCUT2D eigenvalue weighted by molar-refractivity contribution is -0.141. The van der Waals surface area contributed by atoms with Crippen LogP contribution in [0.1, 0.15) is 23.2 Å². The maximum Gasteiger partial charge on any atom is 0.329 e. The van der Waals surface area contributed by atoms with Crippen molar-refractivity contribution in [1.82, 2.24) is 14.9 Å². The number of benzene rings is 2. The van der Waals surface area contributed by atoms with Gasteiger partial charge in [0, 0.05) is 11.6 Å². The fraction of sp³-hybridized carbons (Fsp3) is 0.273. The fourth-order valence-electron chi connectivity index (χ4n) is 3.20. The van der Waals surface area contributed by atoms with Gasteiger partial charge < -0.3 is 15.0 Å². The first kappa shape index (κ1) is 21.5. The van der Waals surface area contributed by atoms with E-state index in [1.807, 2.05) is 67.5 Å². The molecule has 0 bridgehead atoms. The van der Waals surface area contributed by atoms with Crippen molar-refractivity contribution in [3.8, 4) is 6.07 Å². The molecule has 0 fully saturated rings. The molecule has 2 atom stereocenters. The Hall–Kier alpha value is -3.21. The minimum atomic E-state index is -1.19. The molecule has 0 aliphatic heterocycles. The summed E-state index contributed by atoms with van der Waals surface area (Å²) in [7, 11) is 5.15. The first-order valence-electron chi connectivity index (χ1n) is 9.35. The maximum absolute atomic E-state index is 12.2. The zero-order valence-corrected chi connectivity index (χ0v) is 17.7. The summed E-state index contributed by atoms with van der Waals surface area (Å²) < 4.78 is 4.79. The van der Waals surface area contributed by atoms with Crippen LogP contribution in [0.25, 0.3) is 11.0 Å². The predicted octanol–water partition coefficient (Wildman–Crippen LogP) is 3.78. The Morgan fingerprint density at radius 2 is 1.80 bits per heavy atom. The normalized spacial score (nSPS) is 12.9. The highest BCUT2D eigenvalue weighted by Crippen LogP contribution is 2.29. The number of anilines is 1. The van der Waals surface area contributed by atoms with E-state index in [0.717, 1.165) is 5.56 Å². The number of para-hydroxylation sites is 2. The molecule has 3 aromatic rings. The van der Waals surface area contributed by atoms with Crippen LogP contribution in [0.15, 0.2) is 48.5 Å². The van der Waals surface area contributed by atoms with Gasteiger partial charge in [0.15, 0.2) is 11.7 Å². The van der Waals surface area contributed by atoms with Gasteiger partial charge in [-0.05, 0) is 37.9 Å². The third kappa shape index (κ3) is 4.51. The van der Waals surface area contributed by atoms with Gasteiger partial charge in [-0.3, -0.25) is 4.79 Å². The Morgan fingerprint density at radius 1 is 1.17 bits per heavy atom. The number of nitrogens with zero attached hydrogens (tertiary/aromatic N) is 4. The number of fused-ring (bicyclic) bond motifs is 1. The molecule has 2 unspecified atom stereocenters. The summed E-state index contributed by atoms with van der Waals surface area (Å²) >= 11 is 6.40. The van der Waals surface area contributed by atoms with Crippen molar-refractivity contribution in [2.75, 3.05) is 33.1 Å². The van der Waals surface area contributed by atoms with Crippen LogP contribution < -0.4 is 5.32 Å². The first-order valence-corrected chi connectivity index (χ1v) is 9.73. The van der Waals surface area contributed by atoms with Crippen LogP contribution in [0, 0.1) is 11.3 Å². The molecule has 8 heteroatoms. The number of carbonyl (C=O) groups is 1. The van der Waals surface area contributed by atoms with Gasteiger partial charge in [0.25, 0.3) is 0 Å². The maximum atomic E-state index is 12.2. The summed E-state index contributed by atoms with van der Waals surface area (Å²) in [6.07, 6.45) is 0. The van der Waals surface area contributed by atoms with E-state index >= 15 is 0 Å². The summed E-state index contributed by atoms with van der Waals surface area (Å²) in [5.74, 6) is -1.50. The molecule has 0 aliphatic carbocycles. The number of nitriles is 1. The Kier molecular flexibility index (Phi) is 6.83. The number of rotatable bonds is 7. The molecule has 3 rings (SSSR count). The fourth-order valence-corrected chi connectivity index (χ4v) is 3.46. The molecule has 2 aromatic carbocycles. The highest BCUT2D eigenvalue weighted by molar-refractivity contribution is 6.31. The van der Waals surface area contributed by atoms with Crippen LogP contribution in [0.3, 0.4) is 0 Å². The Bertz CT molecular complexity index is 1100. The van der Waals surface area contributed by atoms with Crippen molar-refractivity contribution in [1.29, 1.82) is 5.26 Å². The Labute approximate surface area is 180 Å². The van der Waals surface area contributed by atoms with Crippen LogP contribution in [0.2, 0.25) is 5.02 Å². The summed E-state index contributed by atoms with van der Waals surface area (Å²) in [5.41, 5.74) is 2.44. The minimum Gasteiger partial charge on any atom is -0.468 e. The quantitative estimate of drug-likeness (QED) is 0.578. The Balaban J connectivity index is 2.01. The van der Waals surface area contributed by atoms with Crippen LogP contribution >= 0.6 is 11.6 Å². The van der Waals surface area contributed by atoms with E-state index in [1.54, 1.807) is 6.07 Å². The van der Waals surface area contributed by atoms with Gasteiger partial charge in [-0.1, -0.05) is 41.9 Å². The summed E-state index contributed by atoms with van der Waals surface area (Å²) in [4.78, 5) is 23.4. The number of esters is 1. The molecule has 0 radical (unpaired) electrons. The lowest BCUT2D eigenvalue weighted by Crippen LogP contribution is -2.28. The number of halogens is 1. The van der Waals surface area contributed by atoms with Gasteiger partial charge in [-0.2, -0.15) is 5.26 Å². The predicted molar refractivity (Wildman–Crippen MR) is 116 cm³/mol. The number of hydrogen-bond donors (Lipinski definition) is 1. The summed E-state index contributed by atoms with van der Waals surface area (Å²) in [5, 5.41) is 13.5. The first-order chi connectivity index (χ1) is 14.5. The van der Waals surface area contributed by atoms with Crippen LogP contribution in [-0.4, -0.2) is 48.6 Å². The molecule has 0 aliphatic rings. The molecule has 0 amide bonds. The van der Waals surface area contributed by atoms with Gasteiger partial charge in [0.05, 0.1) is 30.3 Å². The lowest BCUT2D eigenvalue weighted by atomic mass is 10.0. The molecule has 0 spiro atoms. The van der Waals surface area contributed by atoms with Crippen molar-refractivity contribution in [3.05, 3.63) is 64.8 Å². The average molecular weight is 424 g/mol. The van der Waals surface area contributed by atoms with Crippen molar-refractivity contribution < 1.29 is 9.53 Å². The van der Waals surface area contributed by atoms with E-state index in [4.69, 9.17) is 16.3 Å². The van der Waals surface area contributed by atoms with E-state index in [9.17, 15) is 10.1 Å². The lowest BCUT2D eigenvalue weighted by Gasteiger charge is -2.26. The molecule has 0 saturated heterocycles. The number of nitrogens with one attached hydrogen (secondary N) is 1. The second-order valence-electron chi connectivity index (χ2n) is 6.91. The van der Waals surface area contributed by atoms with Crippen LogP contribution in [0.4, 0.5) is 5.82 Å². The van der Waals surface area contributed by atoms with Gasteiger partial charge >= 0.3 is 5.97 Å². The highest BCUT2D eigenvalue weighted by Gasteiger charge is 2.28. The second kappa shape index (κ2) is 9.53. The van der Waals surface area contributed by atoms with E-state index in [2.05, 4.69) is 15.3 Å². The minimum absolute atomic E-state index is 0.0708. The molecule has 1 aromatic heterocycles. The summed E-state index contributed by atoms with van der Waals surface area (Å²) in [6.45, 7) is 0.441. The topological polar surface area (TPSA) is 91.1 Å². The molecule has 7 nitrogen and oxygen atoms in total. The van der Waals surface area contributed by atoms with Crippen molar-refractivity contribution in [2.45, 2.75) is 12.0 Å².